The van der Waals surface area contributed by atoms with E-state index >= 15 is 0 Å². The Hall–Kier alpha value is -3.07. The number of nitrogens with one attached hydrogen (secondary N) is 1. The van der Waals surface area contributed by atoms with Crippen LogP contribution in [0.1, 0.15) is 18.4 Å². The molecule has 2 aromatic rings. The Morgan fingerprint density at radius 1 is 1.16 bits per heavy atom. The number of hydrogen-bond donors (Lipinski definition) is 4. The molecule has 0 amide bonds. The molecule has 8 nitrogen and oxygen atoms in total. The number of rotatable bonds is 6. The average molecular weight is 362 g/mol. The first-order chi connectivity index (χ1) is 11.7. The number of anilines is 1. The molecule has 6 N–H and O–H groups in total. The van der Waals surface area contributed by atoms with Crippen molar-refractivity contribution in [2.45, 2.75) is 17.7 Å². The number of carboxylic acid groups (broad SMARTS) is 1. The number of nitrogens with two attached hydrogens (primary N) is 2. The molecule has 25 heavy (non-hydrogen) atoms. The molecule has 0 aromatic heterocycles. The standard InChI is InChI=1S/C16H18N4O4S/c1-10(15(21)22)11-4-2-6-13(8-11)20-25(23,24)14-7-3-5-12(9-14)19-16(17)18/h2-10,20H,1H3,(H,21,22)(H4,17,18,19). The van der Waals surface area contributed by atoms with Crippen LogP contribution in [0.4, 0.5) is 11.4 Å². The van der Waals surface area contributed by atoms with Gasteiger partial charge in [0, 0.05) is 5.69 Å². The molecule has 2 aromatic carbocycles. The van der Waals surface area contributed by atoms with E-state index in [2.05, 4.69) is 9.71 Å². The van der Waals surface area contributed by atoms with Gasteiger partial charge >= 0.3 is 5.97 Å². The molecule has 132 valence electrons. The second-order valence-electron chi connectivity index (χ2n) is 5.32. The van der Waals surface area contributed by atoms with Crippen molar-refractivity contribution in [3.63, 3.8) is 0 Å². The molecule has 0 heterocycles. The number of guanidine groups is 1. The van der Waals surface area contributed by atoms with Crippen molar-refractivity contribution < 1.29 is 18.3 Å². The molecular weight excluding hydrogens is 344 g/mol. The van der Waals surface area contributed by atoms with Crippen LogP contribution in [0.2, 0.25) is 0 Å². The minimum atomic E-state index is -3.88. The van der Waals surface area contributed by atoms with E-state index in [9.17, 15) is 13.2 Å². The Kier molecular flexibility index (Phi) is 5.28. The monoisotopic (exact) mass is 362 g/mol. The smallest absolute Gasteiger partial charge is 0.310 e. The van der Waals surface area contributed by atoms with E-state index < -0.39 is 21.9 Å². The number of carboxylic acids is 1. The Labute approximate surface area is 145 Å². The minimum Gasteiger partial charge on any atom is -0.481 e. The lowest BCUT2D eigenvalue weighted by molar-refractivity contribution is -0.138. The fraction of sp³-hybridized carbons (Fsp3) is 0.125. The Morgan fingerprint density at radius 2 is 1.84 bits per heavy atom. The summed E-state index contributed by atoms with van der Waals surface area (Å²) in [5.74, 6) is -1.93. The lowest BCUT2D eigenvalue weighted by Gasteiger charge is -2.12. The third kappa shape index (κ3) is 4.70. The highest BCUT2D eigenvalue weighted by Crippen LogP contribution is 2.23. The van der Waals surface area contributed by atoms with Gasteiger partial charge < -0.3 is 16.6 Å². The van der Waals surface area contributed by atoms with Gasteiger partial charge in [-0.05, 0) is 42.8 Å². The van der Waals surface area contributed by atoms with Crippen LogP contribution < -0.4 is 16.2 Å². The van der Waals surface area contributed by atoms with Crippen LogP contribution in [-0.2, 0) is 14.8 Å². The van der Waals surface area contributed by atoms with Gasteiger partial charge in [-0.2, -0.15) is 0 Å². The van der Waals surface area contributed by atoms with Crippen LogP contribution >= 0.6 is 0 Å². The number of sulfonamides is 1. The maximum Gasteiger partial charge on any atom is 0.310 e. The van der Waals surface area contributed by atoms with Gasteiger partial charge in [-0.25, -0.2) is 13.4 Å². The lowest BCUT2D eigenvalue weighted by Crippen LogP contribution is -2.22. The number of aliphatic carboxylic acids is 1. The first kappa shape index (κ1) is 18.3. The van der Waals surface area contributed by atoms with Crippen LogP contribution in [-0.4, -0.2) is 25.5 Å². The summed E-state index contributed by atoms with van der Waals surface area (Å²) in [6, 6.07) is 12.0. The molecule has 0 aliphatic carbocycles. The number of carbonyl (C=O) groups is 1. The van der Waals surface area contributed by atoms with Gasteiger partial charge in [0.25, 0.3) is 10.0 Å². The van der Waals surface area contributed by atoms with Gasteiger partial charge in [-0.1, -0.05) is 18.2 Å². The summed E-state index contributed by atoms with van der Waals surface area (Å²) in [6.07, 6.45) is 0. The van der Waals surface area contributed by atoms with Gasteiger partial charge in [0.15, 0.2) is 5.96 Å². The van der Waals surface area contributed by atoms with Gasteiger partial charge in [0.1, 0.15) is 0 Å². The molecule has 0 saturated carbocycles. The van der Waals surface area contributed by atoms with Gasteiger partial charge in [0.05, 0.1) is 16.5 Å². The van der Waals surface area contributed by atoms with E-state index in [0.717, 1.165) is 0 Å². The van der Waals surface area contributed by atoms with Crippen LogP contribution in [0.25, 0.3) is 0 Å². The molecule has 9 heteroatoms. The van der Waals surface area contributed by atoms with Crippen molar-refractivity contribution in [3.05, 3.63) is 54.1 Å². The second-order valence-corrected chi connectivity index (χ2v) is 7.01. The van der Waals surface area contributed by atoms with Gasteiger partial charge in [-0.15, -0.1) is 0 Å². The SMILES string of the molecule is CC(C(=O)O)c1cccc(NS(=O)(=O)c2cccc(N=C(N)N)c2)c1. The van der Waals surface area contributed by atoms with Gasteiger partial charge in [-0.3, -0.25) is 9.52 Å². The summed E-state index contributed by atoms with van der Waals surface area (Å²) in [5, 5.41) is 9.07. The zero-order valence-corrected chi connectivity index (χ0v) is 14.2. The Bertz CT molecular complexity index is 921. The summed E-state index contributed by atoms with van der Waals surface area (Å²) in [6.45, 7) is 1.52. The number of nitrogens with zero attached hydrogens (tertiary/aromatic N) is 1. The third-order valence-corrected chi connectivity index (χ3v) is 4.77. The zero-order chi connectivity index (χ0) is 18.6. The van der Waals surface area contributed by atoms with Crippen molar-refractivity contribution in [3.8, 4) is 0 Å². The van der Waals surface area contributed by atoms with Crippen LogP contribution in [0.5, 0.6) is 0 Å². The van der Waals surface area contributed by atoms with Crippen LogP contribution in [0.3, 0.4) is 0 Å². The van der Waals surface area contributed by atoms with Crippen LogP contribution in [0.15, 0.2) is 58.4 Å². The Balaban J connectivity index is 2.32. The van der Waals surface area contributed by atoms with E-state index in [1.807, 2.05) is 0 Å². The quantitative estimate of drug-likeness (QED) is 0.453. The topological polar surface area (TPSA) is 148 Å². The van der Waals surface area contributed by atoms with E-state index in [1.54, 1.807) is 18.2 Å². The van der Waals surface area contributed by atoms with E-state index in [1.165, 1.54) is 37.3 Å². The molecule has 0 spiro atoms. The maximum atomic E-state index is 12.5. The highest BCUT2D eigenvalue weighted by Gasteiger charge is 2.17. The summed E-state index contributed by atoms with van der Waals surface area (Å²) in [5.41, 5.74) is 11.6. The molecule has 0 radical (unpaired) electrons. The third-order valence-electron chi connectivity index (χ3n) is 3.40. The molecule has 0 fully saturated rings. The minimum absolute atomic E-state index is 0.0216. The molecule has 1 atom stereocenters. The summed E-state index contributed by atoms with van der Waals surface area (Å²) in [4.78, 5) is 14.9. The normalized spacial score (nSPS) is 12.2. The van der Waals surface area contributed by atoms with Crippen molar-refractivity contribution >= 4 is 33.3 Å². The van der Waals surface area contributed by atoms with E-state index in [0.29, 0.717) is 11.3 Å². The molecule has 1 unspecified atom stereocenters. The molecular formula is C16H18N4O4S. The highest BCUT2D eigenvalue weighted by atomic mass is 32.2. The summed E-state index contributed by atoms with van der Waals surface area (Å²) >= 11 is 0. The molecule has 0 bridgehead atoms. The average Bonchev–Trinajstić information content (AvgIpc) is 2.53. The number of hydrogen-bond acceptors (Lipinski definition) is 4. The molecule has 2 rings (SSSR count). The van der Waals surface area contributed by atoms with E-state index in [4.69, 9.17) is 16.6 Å². The predicted molar refractivity (Wildman–Crippen MR) is 95.2 cm³/mol. The van der Waals surface area contributed by atoms with Crippen LogP contribution in [0, 0.1) is 0 Å². The number of benzene rings is 2. The lowest BCUT2D eigenvalue weighted by atomic mass is 10.0. The summed E-state index contributed by atoms with van der Waals surface area (Å²) < 4.78 is 27.5. The van der Waals surface area contributed by atoms with Crippen molar-refractivity contribution in [2.75, 3.05) is 4.72 Å². The van der Waals surface area contributed by atoms with E-state index in [-0.39, 0.29) is 16.5 Å². The van der Waals surface area contributed by atoms with Crippen molar-refractivity contribution in [2.24, 2.45) is 16.5 Å². The largest absolute Gasteiger partial charge is 0.481 e. The zero-order valence-electron chi connectivity index (χ0n) is 13.4. The maximum absolute atomic E-state index is 12.5. The van der Waals surface area contributed by atoms with Crippen molar-refractivity contribution in [1.82, 2.24) is 0 Å². The summed E-state index contributed by atoms with van der Waals surface area (Å²) in [7, 11) is -3.88. The van der Waals surface area contributed by atoms with Gasteiger partial charge in [0.2, 0.25) is 0 Å². The first-order valence-electron chi connectivity index (χ1n) is 7.24. The second kappa shape index (κ2) is 7.22. The number of aliphatic imine (C=N–C) groups is 1. The van der Waals surface area contributed by atoms with Crippen molar-refractivity contribution in [1.29, 1.82) is 0 Å². The molecule has 0 saturated heterocycles. The molecule has 0 aliphatic rings. The highest BCUT2D eigenvalue weighted by molar-refractivity contribution is 7.92. The fourth-order valence-corrected chi connectivity index (χ4v) is 3.19. The Morgan fingerprint density at radius 3 is 2.48 bits per heavy atom. The first-order valence-corrected chi connectivity index (χ1v) is 8.72. The molecule has 0 aliphatic heterocycles. The fourth-order valence-electron chi connectivity index (χ4n) is 2.10. The predicted octanol–water partition coefficient (Wildman–Crippen LogP) is 1.58.